The summed E-state index contributed by atoms with van der Waals surface area (Å²) in [4.78, 5) is 34.1. The van der Waals surface area contributed by atoms with Crippen LogP contribution in [0.3, 0.4) is 0 Å². The number of para-hydroxylation sites is 1. The van der Waals surface area contributed by atoms with Crippen LogP contribution in [0.4, 0.5) is 36.3 Å². The molecule has 43 heavy (non-hydrogen) atoms. The molecule has 0 bridgehead atoms. The number of methoxy groups -OCH3 is 1. The van der Waals surface area contributed by atoms with Gasteiger partial charge in [0, 0.05) is 19.4 Å². The van der Waals surface area contributed by atoms with Gasteiger partial charge in [0.1, 0.15) is 17.7 Å². The SMILES string of the molecule is COc1c(Nc2nc(Nc3cnn(C4CCNCC4)c3)ncc2C(N)=O)cccc1-c1ncn(C)n1.O=C(O)C(F)(F)F. The second-order valence-electron chi connectivity index (χ2n) is 9.19. The summed E-state index contributed by atoms with van der Waals surface area (Å²) in [6.45, 7) is 1.95. The fraction of sp³-hybridized carbons (Fsp3) is 0.320. The number of primary amides is 1. The minimum atomic E-state index is -5.08. The number of rotatable bonds is 8. The number of carboxylic acid groups (broad SMARTS) is 1. The van der Waals surface area contributed by atoms with Gasteiger partial charge in [0.05, 0.1) is 36.3 Å². The average Bonchev–Trinajstić information content (AvgIpc) is 3.62. The number of ether oxygens (including phenoxy) is 1. The maximum Gasteiger partial charge on any atom is 0.490 e. The van der Waals surface area contributed by atoms with Gasteiger partial charge in [-0.2, -0.15) is 28.4 Å². The monoisotopic (exact) mass is 603 g/mol. The van der Waals surface area contributed by atoms with Gasteiger partial charge in [0.2, 0.25) is 5.95 Å². The van der Waals surface area contributed by atoms with Crippen LogP contribution in [-0.2, 0) is 11.8 Å². The van der Waals surface area contributed by atoms with Crippen molar-refractivity contribution in [1.29, 1.82) is 0 Å². The van der Waals surface area contributed by atoms with Crippen molar-refractivity contribution in [1.82, 2.24) is 39.8 Å². The minimum Gasteiger partial charge on any atom is -0.494 e. The van der Waals surface area contributed by atoms with Gasteiger partial charge in [-0.15, -0.1) is 0 Å². The number of aromatic nitrogens is 7. The lowest BCUT2D eigenvalue weighted by atomic mass is 10.1. The van der Waals surface area contributed by atoms with E-state index < -0.39 is 18.1 Å². The molecule has 0 saturated carbocycles. The molecule has 0 aliphatic carbocycles. The molecule has 6 N–H and O–H groups in total. The normalized spacial score (nSPS) is 13.5. The van der Waals surface area contributed by atoms with Gasteiger partial charge in [-0.1, -0.05) is 6.07 Å². The Morgan fingerprint density at radius 3 is 2.49 bits per heavy atom. The highest BCUT2D eigenvalue weighted by atomic mass is 19.4. The fourth-order valence-corrected chi connectivity index (χ4v) is 4.14. The van der Waals surface area contributed by atoms with E-state index in [2.05, 4.69) is 41.1 Å². The molecule has 1 amide bonds. The molecule has 0 unspecified atom stereocenters. The largest absolute Gasteiger partial charge is 0.494 e. The average molecular weight is 604 g/mol. The Bertz CT molecular complexity index is 1580. The molecule has 1 saturated heterocycles. The van der Waals surface area contributed by atoms with E-state index in [1.165, 1.54) is 6.20 Å². The number of alkyl halides is 3. The Labute approximate surface area is 242 Å². The van der Waals surface area contributed by atoms with Gasteiger partial charge in [0.15, 0.2) is 11.6 Å². The molecule has 1 aliphatic heterocycles. The third-order valence-electron chi connectivity index (χ3n) is 6.15. The van der Waals surface area contributed by atoms with Crippen molar-refractivity contribution in [3.63, 3.8) is 0 Å². The molecule has 18 heteroatoms. The van der Waals surface area contributed by atoms with E-state index in [1.807, 2.05) is 23.0 Å². The van der Waals surface area contributed by atoms with Crippen LogP contribution in [0.1, 0.15) is 29.2 Å². The number of nitrogens with zero attached hydrogens (tertiary/aromatic N) is 7. The number of halogens is 3. The summed E-state index contributed by atoms with van der Waals surface area (Å²) in [6.07, 6.45) is 3.61. The standard InChI is InChI=1S/C23H27N11O2.C2HF3O2/c1-33-13-27-21(32-33)16-4-3-5-18(19(16)36-2)30-22-17(20(24)35)11-26-23(31-22)29-14-10-28-34(12-14)15-6-8-25-9-7-15;3-2(4,5)1(6)7/h3-5,10-13,15,25H,6-9H2,1-2H3,(H2,24,35)(H2,26,29,30,31);(H,6,7). The second-order valence-corrected chi connectivity index (χ2v) is 9.19. The molecule has 1 fully saturated rings. The molecule has 1 aliphatic rings. The highest BCUT2D eigenvalue weighted by molar-refractivity contribution is 5.98. The molecule has 4 aromatic rings. The second kappa shape index (κ2) is 13.1. The van der Waals surface area contributed by atoms with E-state index in [1.54, 1.807) is 37.4 Å². The van der Waals surface area contributed by atoms with Crippen LogP contribution in [-0.4, -0.2) is 77.9 Å². The zero-order valence-electron chi connectivity index (χ0n) is 23.0. The summed E-state index contributed by atoms with van der Waals surface area (Å²) in [5, 5.41) is 25.6. The number of aliphatic carboxylic acids is 1. The van der Waals surface area contributed by atoms with E-state index in [-0.39, 0.29) is 17.3 Å². The molecule has 15 nitrogen and oxygen atoms in total. The number of carbonyl (C=O) groups is 2. The van der Waals surface area contributed by atoms with Gasteiger partial charge in [-0.3, -0.25) is 14.2 Å². The van der Waals surface area contributed by atoms with Crippen molar-refractivity contribution in [3.8, 4) is 17.1 Å². The highest BCUT2D eigenvalue weighted by Crippen LogP contribution is 2.36. The van der Waals surface area contributed by atoms with Crippen molar-refractivity contribution in [3.05, 3.63) is 48.7 Å². The Balaban J connectivity index is 0.000000541. The van der Waals surface area contributed by atoms with Crippen molar-refractivity contribution < 1.29 is 32.6 Å². The first-order valence-corrected chi connectivity index (χ1v) is 12.7. The maximum atomic E-state index is 12.1. The van der Waals surface area contributed by atoms with Crippen molar-refractivity contribution in [2.24, 2.45) is 12.8 Å². The third-order valence-corrected chi connectivity index (χ3v) is 6.15. The summed E-state index contributed by atoms with van der Waals surface area (Å²) in [6, 6.07) is 5.83. The number of carboxylic acids is 1. The first-order valence-electron chi connectivity index (χ1n) is 12.7. The maximum absolute atomic E-state index is 12.1. The van der Waals surface area contributed by atoms with E-state index in [0.717, 1.165) is 31.6 Å². The molecule has 0 atom stereocenters. The zero-order valence-corrected chi connectivity index (χ0v) is 23.0. The lowest BCUT2D eigenvalue weighted by Crippen LogP contribution is -2.29. The Morgan fingerprint density at radius 1 is 1.16 bits per heavy atom. The summed E-state index contributed by atoms with van der Waals surface area (Å²) >= 11 is 0. The topological polar surface area (TPSA) is 200 Å². The number of nitrogens with one attached hydrogen (secondary N) is 3. The van der Waals surface area contributed by atoms with Gasteiger partial charge < -0.3 is 31.5 Å². The Kier molecular flexibility index (Phi) is 9.39. The number of benzene rings is 1. The van der Waals surface area contributed by atoms with Crippen molar-refractivity contribution in [2.75, 3.05) is 30.8 Å². The number of hydrogen-bond donors (Lipinski definition) is 5. The quantitative estimate of drug-likeness (QED) is 0.197. The zero-order chi connectivity index (χ0) is 31.1. The van der Waals surface area contributed by atoms with E-state index in [9.17, 15) is 18.0 Å². The third kappa shape index (κ3) is 7.73. The number of carbonyl (C=O) groups excluding carboxylic acids is 1. The first kappa shape index (κ1) is 30.7. The van der Waals surface area contributed by atoms with Crippen molar-refractivity contribution in [2.45, 2.75) is 25.1 Å². The van der Waals surface area contributed by atoms with E-state index in [4.69, 9.17) is 20.4 Å². The fourth-order valence-electron chi connectivity index (χ4n) is 4.14. The first-order chi connectivity index (χ1) is 20.5. The summed E-state index contributed by atoms with van der Waals surface area (Å²) in [5.74, 6) is -1.90. The van der Waals surface area contributed by atoms with Gasteiger partial charge in [-0.05, 0) is 38.1 Å². The summed E-state index contributed by atoms with van der Waals surface area (Å²) in [7, 11) is 3.34. The summed E-state index contributed by atoms with van der Waals surface area (Å²) in [5.41, 5.74) is 7.72. The molecule has 0 radical (unpaired) electrons. The molecule has 3 aromatic heterocycles. The van der Waals surface area contributed by atoms with Gasteiger partial charge >= 0.3 is 12.1 Å². The van der Waals surface area contributed by atoms with Crippen molar-refractivity contribution >= 4 is 35.0 Å². The number of hydrogen-bond acceptors (Lipinski definition) is 11. The molecule has 4 heterocycles. The number of amides is 1. The van der Waals surface area contributed by atoms with Crippen LogP contribution in [0.2, 0.25) is 0 Å². The highest BCUT2D eigenvalue weighted by Gasteiger charge is 2.38. The molecule has 1 aromatic carbocycles. The Hall–Kier alpha value is -5.26. The molecular formula is C25H28F3N11O4. The lowest BCUT2D eigenvalue weighted by molar-refractivity contribution is -0.192. The van der Waals surface area contributed by atoms with Crippen LogP contribution < -0.4 is 26.4 Å². The van der Waals surface area contributed by atoms with E-state index in [0.29, 0.717) is 28.9 Å². The van der Waals surface area contributed by atoms with Crippen LogP contribution in [0, 0.1) is 0 Å². The number of nitrogens with two attached hydrogens (primary N) is 1. The summed E-state index contributed by atoms with van der Waals surface area (Å²) < 4.78 is 41.0. The van der Waals surface area contributed by atoms with Crippen LogP contribution in [0.25, 0.3) is 11.4 Å². The van der Waals surface area contributed by atoms with E-state index >= 15 is 0 Å². The van der Waals surface area contributed by atoms with Crippen LogP contribution in [0.5, 0.6) is 5.75 Å². The van der Waals surface area contributed by atoms with Crippen LogP contribution >= 0.6 is 0 Å². The molecular weight excluding hydrogens is 575 g/mol. The lowest BCUT2D eigenvalue weighted by Gasteiger charge is -2.22. The molecule has 0 spiro atoms. The smallest absolute Gasteiger partial charge is 0.490 e. The molecule has 5 rings (SSSR count). The van der Waals surface area contributed by atoms with Gasteiger partial charge in [-0.25, -0.2) is 14.8 Å². The van der Waals surface area contributed by atoms with Gasteiger partial charge in [0.25, 0.3) is 5.91 Å². The number of piperidine rings is 1. The minimum absolute atomic E-state index is 0.134. The predicted molar refractivity (Wildman–Crippen MR) is 147 cm³/mol. The molecule has 228 valence electrons. The number of anilines is 4. The number of aryl methyl sites for hydroxylation is 1. The Morgan fingerprint density at radius 2 is 1.88 bits per heavy atom. The predicted octanol–water partition coefficient (Wildman–Crippen LogP) is 2.62. The van der Waals surface area contributed by atoms with Crippen LogP contribution in [0.15, 0.2) is 43.1 Å².